The highest BCUT2D eigenvalue weighted by molar-refractivity contribution is 5.78. The Kier molecular flexibility index (Phi) is 24.9. The maximum absolute atomic E-state index is 12.4. The van der Waals surface area contributed by atoms with E-state index in [0.717, 1.165) is 45.4 Å². The van der Waals surface area contributed by atoms with Crippen molar-refractivity contribution in [3.63, 3.8) is 0 Å². The number of carbonyl (C=O) groups excluding carboxylic acids is 1. The summed E-state index contributed by atoms with van der Waals surface area (Å²) in [6.07, 6.45) is 27.3. The Labute approximate surface area is 245 Å². The van der Waals surface area contributed by atoms with E-state index in [2.05, 4.69) is 58.6 Å². The van der Waals surface area contributed by atoms with Crippen LogP contribution in [0.3, 0.4) is 0 Å². The molecule has 0 saturated carbocycles. The van der Waals surface area contributed by atoms with Gasteiger partial charge in [-0.3, -0.25) is 14.4 Å². The predicted octanol–water partition coefficient (Wildman–Crippen LogP) is 10.0. The molecule has 0 amide bonds. The lowest BCUT2D eigenvalue weighted by Gasteiger charge is -2.31. The number of ketones is 1. The molecule has 0 aromatic heterocycles. The van der Waals surface area contributed by atoms with Gasteiger partial charge in [0.2, 0.25) is 0 Å². The molecular weight excluding hydrogens is 500 g/mol. The van der Waals surface area contributed by atoms with Crippen molar-refractivity contribution in [3.05, 3.63) is 60.3 Å². The van der Waals surface area contributed by atoms with Crippen LogP contribution in [0.25, 0.3) is 0 Å². The van der Waals surface area contributed by atoms with Crippen LogP contribution in [-0.2, 0) is 14.4 Å². The third-order valence-corrected chi connectivity index (χ3v) is 7.42. The molecule has 5 heteroatoms. The largest absolute Gasteiger partial charge is 0.481 e. The second-order valence-electron chi connectivity index (χ2n) is 10.9. The van der Waals surface area contributed by atoms with E-state index in [1.165, 1.54) is 36.8 Å². The van der Waals surface area contributed by atoms with Crippen LogP contribution >= 0.6 is 0 Å². The fraction of sp³-hybridized carbons (Fsp3) is 0.629. The Hall–Kier alpha value is -2.69. The molecule has 0 radical (unpaired) electrons. The molecule has 0 aliphatic carbocycles. The molecule has 0 rings (SSSR count). The smallest absolute Gasteiger partial charge is 0.303 e. The second-order valence-corrected chi connectivity index (χ2v) is 10.9. The molecule has 2 unspecified atom stereocenters. The molecule has 0 bridgehead atoms. The number of rotatable bonds is 22. The number of unbranched alkanes of at least 4 members (excludes halogenated alkanes) is 4. The minimum atomic E-state index is -0.833. The molecule has 0 heterocycles. The van der Waals surface area contributed by atoms with Crippen LogP contribution in [0.1, 0.15) is 131 Å². The number of hydrogen-bond donors (Lipinski definition) is 2. The number of hydrogen-bond acceptors (Lipinski definition) is 3. The van der Waals surface area contributed by atoms with Crippen molar-refractivity contribution in [2.45, 2.75) is 131 Å². The van der Waals surface area contributed by atoms with Gasteiger partial charge in [0.25, 0.3) is 5.97 Å². The van der Waals surface area contributed by atoms with Crippen LogP contribution < -0.4 is 0 Å². The van der Waals surface area contributed by atoms with E-state index in [1.54, 1.807) is 6.08 Å². The van der Waals surface area contributed by atoms with Crippen LogP contribution in [0.4, 0.5) is 0 Å². The SMILES string of the molecule is C=C/C=C\C(=C/C)C(CCCCCC(=O)CCCCCC(C)(CCC)/C(C)=C/C=C\C)CCC(=O)O.CC(=O)O. The topological polar surface area (TPSA) is 91.7 Å². The summed E-state index contributed by atoms with van der Waals surface area (Å²) in [5.74, 6) is -0.946. The molecule has 0 aromatic rings. The number of carboxylic acid groups (broad SMARTS) is 2. The Balaban J connectivity index is 0. The molecule has 0 saturated heterocycles. The summed E-state index contributed by atoms with van der Waals surface area (Å²) in [7, 11) is 0. The van der Waals surface area contributed by atoms with Crippen LogP contribution in [0.5, 0.6) is 0 Å². The molecule has 0 aliphatic heterocycles. The van der Waals surface area contributed by atoms with Gasteiger partial charge < -0.3 is 10.2 Å². The number of aliphatic carboxylic acids is 2. The highest BCUT2D eigenvalue weighted by atomic mass is 16.4. The second kappa shape index (κ2) is 25.3. The maximum Gasteiger partial charge on any atom is 0.303 e. The highest BCUT2D eigenvalue weighted by Gasteiger charge is 2.24. The fourth-order valence-corrected chi connectivity index (χ4v) is 4.96. The third-order valence-electron chi connectivity index (χ3n) is 7.42. The minimum Gasteiger partial charge on any atom is -0.481 e. The molecule has 0 aliphatic rings. The third kappa shape index (κ3) is 22.2. The van der Waals surface area contributed by atoms with E-state index in [9.17, 15) is 9.59 Å². The van der Waals surface area contributed by atoms with Gasteiger partial charge in [-0.25, -0.2) is 0 Å². The molecule has 0 spiro atoms. The lowest BCUT2D eigenvalue weighted by Crippen LogP contribution is -2.18. The van der Waals surface area contributed by atoms with Gasteiger partial charge in [0.15, 0.2) is 0 Å². The van der Waals surface area contributed by atoms with Crippen molar-refractivity contribution in [3.8, 4) is 0 Å². The summed E-state index contributed by atoms with van der Waals surface area (Å²) < 4.78 is 0. The molecule has 5 nitrogen and oxygen atoms in total. The maximum atomic E-state index is 12.4. The molecule has 228 valence electrons. The van der Waals surface area contributed by atoms with Crippen molar-refractivity contribution >= 4 is 17.7 Å². The van der Waals surface area contributed by atoms with Gasteiger partial charge in [0.05, 0.1) is 0 Å². The Morgan fingerprint density at radius 2 is 1.45 bits per heavy atom. The molecule has 0 aromatic carbocycles. The molecule has 2 atom stereocenters. The normalized spacial score (nSPS) is 14.4. The van der Waals surface area contributed by atoms with Gasteiger partial charge in [-0.15, -0.1) is 0 Å². The molecule has 2 N–H and O–H groups in total. The minimum absolute atomic E-state index is 0.186. The molecular formula is C35H58O5. The van der Waals surface area contributed by atoms with Crippen LogP contribution in [0, 0.1) is 11.3 Å². The first-order valence-corrected chi connectivity index (χ1v) is 15.2. The lowest BCUT2D eigenvalue weighted by atomic mass is 9.74. The quantitative estimate of drug-likeness (QED) is 0.102. The fourth-order valence-electron chi connectivity index (χ4n) is 4.96. The van der Waals surface area contributed by atoms with E-state index in [1.807, 2.05) is 19.1 Å². The van der Waals surface area contributed by atoms with Crippen molar-refractivity contribution in [2.24, 2.45) is 11.3 Å². The first-order valence-electron chi connectivity index (χ1n) is 15.2. The van der Waals surface area contributed by atoms with Gasteiger partial charge in [-0.2, -0.15) is 0 Å². The Morgan fingerprint density at radius 3 is 1.95 bits per heavy atom. The first-order chi connectivity index (χ1) is 19.0. The van der Waals surface area contributed by atoms with Gasteiger partial charge in [0, 0.05) is 26.2 Å². The zero-order chi connectivity index (χ0) is 30.8. The van der Waals surface area contributed by atoms with Crippen molar-refractivity contribution in [2.75, 3.05) is 0 Å². The van der Waals surface area contributed by atoms with E-state index in [4.69, 9.17) is 15.0 Å². The summed E-state index contributed by atoms with van der Waals surface area (Å²) in [6.45, 7) is 15.8. The van der Waals surface area contributed by atoms with E-state index < -0.39 is 11.9 Å². The Morgan fingerprint density at radius 1 is 0.850 bits per heavy atom. The van der Waals surface area contributed by atoms with Gasteiger partial charge in [0.1, 0.15) is 5.78 Å². The molecule has 40 heavy (non-hydrogen) atoms. The van der Waals surface area contributed by atoms with Crippen LogP contribution in [0.2, 0.25) is 0 Å². The summed E-state index contributed by atoms with van der Waals surface area (Å²) >= 11 is 0. The monoisotopic (exact) mass is 558 g/mol. The van der Waals surface area contributed by atoms with Crippen molar-refractivity contribution in [1.29, 1.82) is 0 Å². The van der Waals surface area contributed by atoms with Gasteiger partial charge >= 0.3 is 5.97 Å². The lowest BCUT2D eigenvalue weighted by molar-refractivity contribution is -0.137. The Bertz CT molecular complexity index is 842. The summed E-state index contributed by atoms with van der Waals surface area (Å²) in [6, 6.07) is 0. The van der Waals surface area contributed by atoms with Crippen molar-refractivity contribution in [1.82, 2.24) is 0 Å². The average molecular weight is 559 g/mol. The molecule has 0 fully saturated rings. The van der Waals surface area contributed by atoms with Crippen LogP contribution in [-0.4, -0.2) is 27.9 Å². The average Bonchev–Trinajstić information content (AvgIpc) is 2.89. The number of allylic oxidation sites excluding steroid dienone is 9. The number of carbonyl (C=O) groups is 3. The van der Waals surface area contributed by atoms with E-state index in [0.29, 0.717) is 25.0 Å². The van der Waals surface area contributed by atoms with Gasteiger partial charge in [-0.05, 0) is 76.2 Å². The summed E-state index contributed by atoms with van der Waals surface area (Å²) in [5, 5.41) is 16.5. The zero-order valence-electron chi connectivity index (χ0n) is 26.3. The summed E-state index contributed by atoms with van der Waals surface area (Å²) in [4.78, 5) is 32.4. The number of Topliss-reactive ketones (excluding diaryl/α,β-unsaturated/α-hetero) is 1. The van der Waals surface area contributed by atoms with E-state index >= 15 is 0 Å². The standard InChI is InChI=1S/C33H54O3.C2H4O2/c1-7-11-19-28(5)33(6,26-9-3)27-18-14-17-23-31(34)22-16-13-15-21-30(24-25-32(35)36)29(10-4)20-12-8-2;1-2(3)4/h7-8,10-12,19-20,30H,2,9,13-18,21-27H2,1,3-6H3,(H,35,36);1H3,(H,3,4)/b11-7-,20-12-,28-19+,29-10+;. The van der Waals surface area contributed by atoms with Gasteiger partial charge in [-0.1, -0.05) is 101 Å². The number of carboxylic acids is 2. The van der Waals surface area contributed by atoms with Crippen LogP contribution in [0.15, 0.2) is 60.3 Å². The zero-order valence-corrected chi connectivity index (χ0v) is 26.3. The van der Waals surface area contributed by atoms with E-state index in [-0.39, 0.29) is 17.8 Å². The highest BCUT2D eigenvalue weighted by Crippen LogP contribution is 2.37. The van der Waals surface area contributed by atoms with Crippen molar-refractivity contribution < 1.29 is 24.6 Å². The first kappa shape index (κ1) is 39.5. The summed E-state index contributed by atoms with van der Waals surface area (Å²) in [5.41, 5.74) is 2.89. The predicted molar refractivity (Wildman–Crippen MR) is 170 cm³/mol.